The Morgan fingerprint density at radius 1 is 1.69 bits per heavy atom. The van der Waals surface area contributed by atoms with Gasteiger partial charge in [0.15, 0.2) is 0 Å². The summed E-state index contributed by atoms with van der Waals surface area (Å²) in [5, 5.41) is 2.80. The molecule has 0 saturated carbocycles. The van der Waals surface area contributed by atoms with Gasteiger partial charge in [0.2, 0.25) is 5.91 Å². The third-order valence-electron chi connectivity index (χ3n) is 1.82. The second-order valence-electron chi connectivity index (χ2n) is 3.03. The molecule has 0 aromatic rings. The first-order chi connectivity index (χ1) is 6.24. The summed E-state index contributed by atoms with van der Waals surface area (Å²) in [6.45, 7) is 6.68. The van der Waals surface area contributed by atoms with Crippen LogP contribution >= 0.6 is 11.8 Å². The molecule has 1 N–H and O–H groups in total. The number of hydrogen-bond donors (Lipinski definition) is 1. The molecule has 1 amide bonds. The monoisotopic (exact) mass is 197 g/mol. The topological polar surface area (TPSA) is 29.1 Å². The van der Waals surface area contributed by atoms with Gasteiger partial charge in [-0.1, -0.05) is 26.0 Å². The molecular weight excluding hydrogens is 182 g/mol. The lowest BCUT2D eigenvalue weighted by molar-refractivity contribution is -0.118. The molecule has 0 bridgehead atoms. The highest BCUT2D eigenvalue weighted by Gasteiger charge is 2.12. The molecule has 1 rings (SSSR count). The van der Waals surface area contributed by atoms with Crippen LogP contribution in [-0.2, 0) is 4.79 Å². The smallest absolute Gasteiger partial charge is 0.230 e. The van der Waals surface area contributed by atoms with Gasteiger partial charge in [0.1, 0.15) is 0 Å². The molecule has 0 aromatic carbocycles. The Morgan fingerprint density at radius 2 is 2.46 bits per heavy atom. The molecule has 3 heteroatoms. The largest absolute Gasteiger partial charge is 0.351 e. The average molecular weight is 197 g/mol. The van der Waals surface area contributed by atoms with Crippen molar-refractivity contribution < 1.29 is 4.79 Å². The summed E-state index contributed by atoms with van der Waals surface area (Å²) in [6, 6.07) is 0. The molecule has 1 heterocycles. The van der Waals surface area contributed by atoms with Crippen molar-refractivity contribution in [1.82, 2.24) is 5.32 Å². The highest BCUT2D eigenvalue weighted by atomic mass is 32.2. The van der Waals surface area contributed by atoms with Crippen LogP contribution < -0.4 is 5.32 Å². The summed E-state index contributed by atoms with van der Waals surface area (Å²) < 4.78 is 0. The molecule has 0 aromatic heterocycles. The van der Waals surface area contributed by atoms with E-state index in [9.17, 15) is 4.79 Å². The van der Waals surface area contributed by atoms with Gasteiger partial charge in [0.05, 0.1) is 5.75 Å². The normalized spacial score (nSPS) is 21.5. The fourth-order valence-corrected chi connectivity index (χ4v) is 1.97. The van der Waals surface area contributed by atoms with Crippen LogP contribution in [0.1, 0.15) is 19.8 Å². The molecule has 13 heavy (non-hydrogen) atoms. The first-order valence-corrected chi connectivity index (χ1v) is 5.50. The zero-order chi connectivity index (χ0) is 9.68. The summed E-state index contributed by atoms with van der Waals surface area (Å²) >= 11 is 1.59. The highest BCUT2D eigenvalue weighted by Crippen LogP contribution is 2.25. The first-order valence-electron chi connectivity index (χ1n) is 4.52. The predicted octanol–water partition coefficient (Wildman–Crippen LogP) is 2.09. The molecule has 2 nitrogen and oxygen atoms in total. The van der Waals surface area contributed by atoms with Gasteiger partial charge in [-0.15, -0.1) is 11.8 Å². The zero-order valence-corrected chi connectivity index (χ0v) is 8.75. The van der Waals surface area contributed by atoms with Crippen molar-refractivity contribution in [2.75, 3.05) is 12.3 Å². The van der Waals surface area contributed by atoms with E-state index in [1.807, 2.05) is 0 Å². The Labute approximate surface area is 83.5 Å². The van der Waals surface area contributed by atoms with E-state index in [0.29, 0.717) is 12.3 Å². The molecule has 1 aliphatic rings. The van der Waals surface area contributed by atoms with Crippen molar-refractivity contribution in [2.45, 2.75) is 19.8 Å². The number of rotatable bonds is 2. The summed E-state index contributed by atoms with van der Waals surface area (Å²) in [5.74, 6) is 0.625. The minimum Gasteiger partial charge on any atom is -0.351 e. The van der Waals surface area contributed by atoms with Crippen molar-refractivity contribution >= 4 is 17.7 Å². The van der Waals surface area contributed by atoms with Gasteiger partial charge in [-0.3, -0.25) is 4.79 Å². The first kappa shape index (κ1) is 10.4. The Bertz CT molecular complexity index is 245. The quantitative estimate of drug-likeness (QED) is 0.734. The van der Waals surface area contributed by atoms with Gasteiger partial charge < -0.3 is 5.32 Å². The Hall–Kier alpha value is -0.700. The van der Waals surface area contributed by atoms with Crippen molar-refractivity contribution in [3.05, 3.63) is 23.1 Å². The third-order valence-corrected chi connectivity index (χ3v) is 3.00. The number of thioether (sulfide) groups is 1. The number of hydrogen-bond acceptors (Lipinski definition) is 2. The van der Waals surface area contributed by atoms with E-state index in [-0.39, 0.29) is 5.91 Å². The number of carbonyl (C=O) groups excluding carboxylic acids is 1. The number of amides is 1. The molecular formula is C10H15NOS. The van der Waals surface area contributed by atoms with Gasteiger partial charge in [0.25, 0.3) is 0 Å². The van der Waals surface area contributed by atoms with Crippen molar-refractivity contribution in [3.8, 4) is 0 Å². The molecule has 0 atom stereocenters. The van der Waals surface area contributed by atoms with Crippen molar-refractivity contribution in [2.24, 2.45) is 0 Å². The van der Waals surface area contributed by atoms with Crippen LogP contribution in [0.5, 0.6) is 0 Å². The predicted molar refractivity (Wildman–Crippen MR) is 57.6 cm³/mol. The Balaban J connectivity index is 2.62. The van der Waals surface area contributed by atoms with Crippen LogP contribution in [0.25, 0.3) is 0 Å². The van der Waals surface area contributed by atoms with Crippen LogP contribution in [0, 0.1) is 0 Å². The fraction of sp³-hybridized carbons (Fsp3) is 0.500. The highest BCUT2D eigenvalue weighted by molar-refractivity contribution is 8.03. The molecule has 1 aliphatic heterocycles. The third kappa shape index (κ3) is 3.27. The summed E-state index contributed by atoms with van der Waals surface area (Å²) in [4.78, 5) is 12.2. The average Bonchev–Trinajstić information content (AvgIpc) is 2.28. The Kier molecular flexibility index (Phi) is 4.09. The summed E-state index contributed by atoms with van der Waals surface area (Å²) in [6.07, 6.45) is 4.38. The lowest BCUT2D eigenvalue weighted by Crippen LogP contribution is -2.24. The fourth-order valence-electron chi connectivity index (χ4n) is 1.07. The van der Waals surface area contributed by atoms with Gasteiger partial charge in [-0.25, -0.2) is 0 Å². The van der Waals surface area contributed by atoms with E-state index in [1.165, 1.54) is 4.91 Å². The van der Waals surface area contributed by atoms with E-state index in [4.69, 9.17) is 0 Å². The van der Waals surface area contributed by atoms with Crippen LogP contribution in [-0.4, -0.2) is 18.2 Å². The minimum absolute atomic E-state index is 0.103. The van der Waals surface area contributed by atoms with Crippen LogP contribution in [0.15, 0.2) is 23.1 Å². The second-order valence-corrected chi connectivity index (χ2v) is 4.04. The standard InChI is InChI=1S/C10H15NOS/c1-3-4-5-9-8(2)6-11-10(12)7-13-9/h5H,2-4,6-7H2,1H3,(H,11,12)/b9-5+. The molecule has 1 fully saturated rings. The van der Waals surface area contributed by atoms with Gasteiger partial charge in [0, 0.05) is 11.4 Å². The van der Waals surface area contributed by atoms with E-state index in [2.05, 4.69) is 24.9 Å². The Morgan fingerprint density at radius 3 is 3.15 bits per heavy atom. The van der Waals surface area contributed by atoms with Crippen LogP contribution in [0.3, 0.4) is 0 Å². The maximum absolute atomic E-state index is 11.0. The zero-order valence-electron chi connectivity index (χ0n) is 7.93. The van der Waals surface area contributed by atoms with E-state index < -0.39 is 0 Å². The lowest BCUT2D eigenvalue weighted by atomic mass is 10.2. The molecule has 0 radical (unpaired) electrons. The van der Waals surface area contributed by atoms with Gasteiger partial charge >= 0.3 is 0 Å². The van der Waals surface area contributed by atoms with Gasteiger partial charge in [-0.2, -0.15) is 0 Å². The van der Waals surface area contributed by atoms with Gasteiger partial charge in [-0.05, 0) is 12.0 Å². The number of nitrogens with one attached hydrogen (secondary N) is 1. The summed E-state index contributed by atoms with van der Waals surface area (Å²) in [7, 11) is 0. The minimum atomic E-state index is 0.103. The molecule has 0 aliphatic carbocycles. The van der Waals surface area contributed by atoms with Crippen LogP contribution in [0.4, 0.5) is 0 Å². The molecule has 0 unspecified atom stereocenters. The molecule has 0 spiro atoms. The number of unbranched alkanes of at least 4 members (excludes halogenated alkanes) is 1. The number of allylic oxidation sites excluding steroid dienone is 1. The second kappa shape index (κ2) is 5.12. The SMILES string of the molecule is C=C1CNC(=O)CS/C1=C/CCC. The van der Waals surface area contributed by atoms with Crippen molar-refractivity contribution in [1.29, 1.82) is 0 Å². The van der Waals surface area contributed by atoms with E-state index in [1.54, 1.807) is 11.8 Å². The molecule has 72 valence electrons. The van der Waals surface area contributed by atoms with E-state index >= 15 is 0 Å². The maximum Gasteiger partial charge on any atom is 0.230 e. The van der Waals surface area contributed by atoms with Crippen LogP contribution in [0.2, 0.25) is 0 Å². The lowest BCUT2D eigenvalue weighted by Gasteiger charge is -2.03. The maximum atomic E-state index is 11.0. The van der Waals surface area contributed by atoms with E-state index in [0.717, 1.165) is 18.4 Å². The summed E-state index contributed by atoms with van der Waals surface area (Å²) in [5.41, 5.74) is 1.03. The molecule has 1 saturated heterocycles. The van der Waals surface area contributed by atoms with Crippen molar-refractivity contribution in [3.63, 3.8) is 0 Å². The number of carbonyl (C=O) groups is 1.